The minimum atomic E-state index is 0.279. The van der Waals surface area contributed by atoms with E-state index >= 15 is 0 Å². The van der Waals surface area contributed by atoms with E-state index in [9.17, 15) is 5.26 Å². The normalized spacial score (nSPS) is 16.2. The molecule has 1 aromatic carbocycles. The van der Waals surface area contributed by atoms with Crippen LogP contribution in [0.2, 0.25) is 0 Å². The first-order valence-electron chi connectivity index (χ1n) is 9.50. The number of benzene rings is 1. The van der Waals surface area contributed by atoms with Gasteiger partial charge in [0.25, 0.3) is 0 Å². The van der Waals surface area contributed by atoms with Gasteiger partial charge in [-0.15, -0.1) is 0 Å². The summed E-state index contributed by atoms with van der Waals surface area (Å²) in [6.45, 7) is 6.57. The predicted octanol–water partition coefficient (Wildman–Crippen LogP) is 5.24. The van der Waals surface area contributed by atoms with Crippen LogP contribution in [-0.2, 0) is 0 Å². The summed E-state index contributed by atoms with van der Waals surface area (Å²) in [4.78, 5) is 8.89. The van der Waals surface area contributed by atoms with E-state index in [0.717, 1.165) is 29.1 Å². The fraction of sp³-hybridized carbons (Fsp3) is 0.318. The highest BCUT2D eigenvalue weighted by Gasteiger charge is 2.18. The van der Waals surface area contributed by atoms with E-state index < -0.39 is 0 Å². The Labute approximate surface area is 171 Å². The number of thioether (sulfide) groups is 1. The molecule has 1 aliphatic heterocycles. The fourth-order valence-electron chi connectivity index (χ4n) is 2.85. The summed E-state index contributed by atoms with van der Waals surface area (Å²) in [5, 5.41) is 19.3. The molecule has 2 heterocycles. The van der Waals surface area contributed by atoms with Crippen LogP contribution in [0.25, 0.3) is 11.3 Å². The highest BCUT2D eigenvalue weighted by atomic mass is 32.2. The molecule has 1 unspecified atom stereocenters. The number of rotatable bonds is 7. The van der Waals surface area contributed by atoms with Gasteiger partial charge in [-0.05, 0) is 37.3 Å². The average molecular weight is 392 g/mol. The van der Waals surface area contributed by atoms with Crippen molar-refractivity contribution in [2.75, 3.05) is 5.32 Å². The van der Waals surface area contributed by atoms with Gasteiger partial charge in [-0.2, -0.15) is 5.26 Å². The van der Waals surface area contributed by atoms with E-state index in [1.165, 1.54) is 11.8 Å². The van der Waals surface area contributed by atoms with Gasteiger partial charge in [0.05, 0.1) is 16.4 Å². The van der Waals surface area contributed by atoms with Gasteiger partial charge in [0, 0.05) is 17.6 Å². The predicted molar refractivity (Wildman–Crippen MR) is 117 cm³/mol. The second-order valence-electron chi connectivity index (χ2n) is 7.24. The van der Waals surface area contributed by atoms with Crippen LogP contribution < -0.4 is 10.6 Å². The number of nitriles is 1. The van der Waals surface area contributed by atoms with Gasteiger partial charge in [-0.3, -0.25) is 0 Å². The van der Waals surface area contributed by atoms with Crippen molar-refractivity contribution in [1.29, 1.82) is 5.26 Å². The van der Waals surface area contributed by atoms with E-state index in [4.69, 9.17) is 0 Å². The number of hydrogen-bond donors (Lipinski definition) is 2. The molecule has 5 nitrogen and oxygen atoms in total. The first-order valence-corrected chi connectivity index (χ1v) is 10.4. The van der Waals surface area contributed by atoms with Crippen LogP contribution in [0.4, 0.5) is 5.95 Å². The van der Waals surface area contributed by atoms with Crippen molar-refractivity contribution in [2.45, 2.75) is 39.7 Å². The topological polar surface area (TPSA) is 73.6 Å². The molecule has 0 saturated carbocycles. The minimum absolute atomic E-state index is 0.279. The molecule has 2 N–H and O–H groups in total. The third kappa shape index (κ3) is 5.14. The van der Waals surface area contributed by atoms with E-state index in [-0.39, 0.29) is 6.04 Å². The van der Waals surface area contributed by atoms with Gasteiger partial charge in [0.1, 0.15) is 11.6 Å². The van der Waals surface area contributed by atoms with Crippen molar-refractivity contribution >= 4 is 29.0 Å². The zero-order chi connectivity index (χ0) is 19.9. The molecule has 0 spiro atoms. The van der Waals surface area contributed by atoms with E-state index in [1.807, 2.05) is 35.7 Å². The maximum absolute atomic E-state index is 9.75. The number of hydrogen-bond acceptors (Lipinski definition) is 6. The lowest BCUT2D eigenvalue weighted by Crippen LogP contribution is -2.18. The number of nitrogens with zero attached hydrogens (tertiary/aromatic N) is 3. The molecule has 0 radical (unpaired) electrons. The van der Waals surface area contributed by atoms with Crippen LogP contribution in [-0.4, -0.2) is 16.0 Å². The van der Waals surface area contributed by atoms with Gasteiger partial charge in [0.15, 0.2) is 0 Å². The number of allylic oxidation sites excluding steroid dienone is 1. The van der Waals surface area contributed by atoms with Gasteiger partial charge in [-0.25, -0.2) is 9.97 Å². The van der Waals surface area contributed by atoms with E-state index in [1.54, 1.807) is 12.3 Å². The molecule has 144 valence electrons. The maximum atomic E-state index is 9.75. The summed E-state index contributed by atoms with van der Waals surface area (Å²) < 4.78 is 0. The second kappa shape index (κ2) is 9.43. The molecule has 0 amide bonds. The van der Waals surface area contributed by atoms with Crippen LogP contribution >= 0.6 is 11.8 Å². The van der Waals surface area contributed by atoms with E-state index in [2.05, 4.69) is 47.4 Å². The lowest BCUT2D eigenvalue weighted by Gasteiger charge is -2.15. The molecule has 1 aromatic heterocycles. The van der Waals surface area contributed by atoms with Crippen molar-refractivity contribution in [3.05, 3.63) is 64.3 Å². The monoisotopic (exact) mass is 391 g/mol. The Bertz CT molecular complexity index is 912. The summed E-state index contributed by atoms with van der Waals surface area (Å²) in [6.07, 6.45) is 3.90. The molecule has 0 aliphatic carbocycles. The Morgan fingerprint density at radius 2 is 1.96 bits per heavy atom. The van der Waals surface area contributed by atoms with Crippen molar-refractivity contribution in [2.24, 2.45) is 5.92 Å². The first kappa shape index (κ1) is 20.0. The SMILES string of the molecule is CC(C)CCC(C)Nc1nccc(C(C#N)=C2NC(c3ccccc3)=CS2)n1. The Balaban J connectivity index is 1.75. The van der Waals surface area contributed by atoms with Crippen LogP contribution in [0.3, 0.4) is 0 Å². The molecule has 1 atom stereocenters. The summed E-state index contributed by atoms with van der Waals surface area (Å²) in [6, 6.07) is 14.4. The van der Waals surface area contributed by atoms with E-state index in [0.29, 0.717) is 23.1 Å². The lowest BCUT2D eigenvalue weighted by molar-refractivity contribution is 0.526. The van der Waals surface area contributed by atoms with Crippen LogP contribution in [0.1, 0.15) is 44.9 Å². The summed E-state index contributed by atoms with van der Waals surface area (Å²) in [5.41, 5.74) is 3.22. The summed E-state index contributed by atoms with van der Waals surface area (Å²) in [7, 11) is 0. The molecular formula is C22H25N5S. The minimum Gasteiger partial charge on any atom is -0.352 e. The molecule has 3 rings (SSSR count). The van der Waals surface area contributed by atoms with Crippen LogP contribution in [0.5, 0.6) is 0 Å². The molecule has 1 aliphatic rings. The zero-order valence-electron chi connectivity index (χ0n) is 16.4. The first-order chi connectivity index (χ1) is 13.6. The largest absolute Gasteiger partial charge is 0.352 e. The molecule has 28 heavy (non-hydrogen) atoms. The Hall–Kier alpha value is -2.78. The number of nitrogens with one attached hydrogen (secondary N) is 2. The van der Waals surface area contributed by atoms with Gasteiger partial charge in [-0.1, -0.05) is 55.9 Å². The van der Waals surface area contributed by atoms with Crippen molar-refractivity contribution in [3.8, 4) is 6.07 Å². The quantitative estimate of drug-likeness (QED) is 0.629. The Morgan fingerprint density at radius 1 is 1.18 bits per heavy atom. The van der Waals surface area contributed by atoms with Gasteiger partial charge >= 0.3 is 0 Å². The average Bonchev–Trinajstić information content (AvgIpc) is 3.18. The van der Waals surface area contributed by atoms with Gasteiger partial charge < -0.3 is 10.6 Å². The lowest BCUT2D eigenvalue weighted by atomic mass is 10.0. The second-order valence-corrected chi connectivity index (χ2v) is 8.12. The third-order valence-corrected chi connectivity index (χ3v) is 5.33. The summed E-state index contributed by atoms with van der Waals surface area (Å²) in [5.74, 6) is 1.23. The van der Waals surface area contributed by atoms with Crippen LogP contribution in [0.15, 0.2) is 53.0 Å². The summed E-state index contributed by atoms with van der Waals surface area (Å²) >= 11 is 1.51. The van der Waals surface area contributed by atoms with Crippen molar-refractivity contribution in [1.82, 2.24) is 15.3 Å². The molecule has 2 aromatic rings. The van der Waals surface area contributed by atoms with Crippen molar-refractivity contribution in [3.63, 3.8) is 0 Å². The zero-order valence-corrected chi connectivity index (χ0v) is 17.3. The standard InChI is InChI=1S/C22H25N5S/c1-15(2)9-10-16(3)25-22-24-12-11-19(27-22)18(13-23)21-26-20(14-28-21)17-7-5-4-6-8-17/h4-8,11-12,14-16,26H,9-10H2,1-3H3,(H,24,25,27). The van der Waals surface area contributed by atoms with Crippen molar-refractivity contribution < 1.29 is 0 Å². The van der Waals surface area contributed by atoms with Crippen LogP contribution in [0, 0.1) is 17.2 Å². The Morgan fingerprint density at radius 3 is 2.68 bits per heavy atom. The molecule has 0 fully saturated rings. The highest BCUT2D eigenvalue weighted by Crippen LogP contribution is 2.34. The highest BCUT2D eigenvalue weighted by molar-refractivity contribution is 8.06. The molecule has 0 saturated heterocycles. The Kier molecular flexibility index (Phi) is 6.72. The smallest absolute Gasteiger partial charge is 0.223 e. The molecule has 6 heteroatoms. The molecular weight excluding hydrogens is 366 g/mol. The fourth-order valence-corrected chi connectivity index (χ4v) is 3.71. The molecule has 0 bridgehead atoms. The van der Waals surface area contributed by atoms with Gasteiger partial charge in [0.2, 0.25) is 5.95 Å². The maximum Gasteiger partial charge on any atom is 0.223 e. The number of aromatic nitrogens is 2. The number of anilines is 1. The third-order valence-electron chi connectivity index (χ3n) is 4.43.